The number of carbonyl (C=O) groups is 2. The molecule has 0 radical (unpaired) electrons. The van der Waals surface area contributed by atoms with Crippen LogP contribution < -0.4 is 15.8 Å². The number of ketones is 1. The normalized spacial score (nSPS) is 20.5. The Labute approximate surface area is 367 Å². The molecule has 1 aliphatic carbocycles. The van der Waals surface area contributed by atoms with Crippen LogP contribution in [-0.4, -0.2) is 101 Å². The molecule has 2 atom stereocenters. The van der Waals surface area contributed by atoms with Crippen molar-refractivity contribution in [2.75, 3.05) is 51.5 Å². The molecule has 1 saturated heterocycles. The summed E-state index contributed by atoms with van der Waals surface area (Å²) >= 11 is -4.30. The molecule has 63 heavy (non-hydrogen) atoms. The van der Waals surface area contributed by atoms with Gasteiger partial charge in [0.25, 0.3) is 0 Å². The van der Waals surface area contributed by atoms with Crippen LogP contribution in [0.15, 0.2) is 97.0 Å². The first-order chi connectivity index (χ1) is 30.5. The van der Waals surface area contributed by atoms with Crippen molar-refractivity contribution < 1.29 is 26.1 Å². The summed E-state index contributed by atoms with van der Waals surface area (Å²) in [5.74, 6) is 1.71. The number of nitrogen functional groups attached to an aromatic ring is 1. The Kier molecular flexibility index (Phi) is 12.1. The number of para-hydroxylation sites is 1. The molecule has 328 valence electrons. The summed E-state index contributed by atoms with van der Waals surface area (Å²) in [5, 5.41) is 8.75. The number of piperazine rings is 1. The fourth-order valence-electron chi connectivity index (χ4n) is 9.26. The molecule has 1 amide bonds. The van der Waals surface area contributed by atoms with Crippen LogP contribution in [0.25, 0.3) is 28.4 Å². The first-order valence-electron chi connectivity index (χ1n) is 21.7. The quantitative estimate of drug-likeness (QED) is 0.0840. The van der Waals surface area contributed by atoms with Crippen molar-refractivity contribution in [3.63, 3.8) is 0 Å². The van der Waals surface area contributed by atoms with Crippen molar-refractivity contribution in [1.29, 1.82) is 0 Å². The molecule has 3 aliphatic heterocycles. The molecule has 2 aromatic carbocycles. The number of ether oxygens (including phenoxy) is 1. The summed E-state index contributed by atoms with van der Waals surface area (Å²) in [6, 6.07) is 19.2. The first-order valence-corrected chi connectivity index (χ1v) is 23.1. The van der Waals surface area contributed by atoms with Gasteiger partial charge in [0.05, 0.1) is 17.1 Å². The van der Waals surface area contributed by atoms with E-state index in [0.717, 1.165) is 70.3 Å². The van der Waals surface area contributed by atoms with E-state index in [1.807, 2.05) is 72.3 Å². The van der Waals surface area contributed by atoms with Crippen LogP contribution in [0.1, 0.15) is 61.5 Å². The van der Waals surface area contributed by atoms with Gasteiger partial charge in [0.1, 0.15) is 29.3 Å². The molecular formula is C47H53F2N10O3S+. The molecule has 0 spiro atoms. The highest BCUT2D eigenvalue weighted by Crippen LogP contribution is 2.61. The summed E-state index contributed by atoms with van der Waals surface area (Å²) in [5.41, 5.74) is 11.5. The Bertz CT molecular complexity index is 2650. The average molecular weight is 876 g/mol. The fourth-order valence-corrected chi connectivity index (χ4v) is 11.1. The van der Waals surface area contributed by atoms with Crippen molar-refractivity contribution in [3.8, 4) is 22.8 Å². The number of aromatic nitrogens is 5. The van der Waals surface area contributed by atoms with Crippen molar-refractivity contribution in [3.05, 3.63) is 114 Å². The van der Waals surface area contributed by atoms with E-state index in [4.69, 9.17) is 15.6 Å². The van der Waals surface area contributed by atoms with Gasteiger partial charge in [-0.3, -0.25) is 19.4 Å². The lowest BCUT2D eigenvalue weighted by molar-refractivity contribution is -0.302. The van der Waals surface area contributed by atoms with E-state index in [1.54, 1.807) is 37.3 Å². The Balaban J connectivity index is 0.725. The van der Waals surface area contributed by atoms with Crippen LogP contribution in [-0.2, 0) is 9.59 Å². The van der Waals surface area contributed by atoms with Crippen molar-refractivity contribution in [2.45, 2.75) is 58.4 Å². The number of benzene rings is 2. The minimum absolute atomic E-state index is 0.00865. The smallest absolute Gasteiger partial charge is 0.387 e. The predicted molar refractivity (Wildman–Crippen MR) is 243 cm³/mol. The van der Waals surface area contributed by atoms with Crippen LogP contribution in [0.5, 0.6) is 11.5 Å². The Hall–Kier alpha value is -5.97. The maximum atomic E-state index is 15.8. The number of anilines is 1. The molecule has 9 rings (SSSR count). The zero-order valence-electron chi connectivity index (χ0n) is 35.6. The maximum Gasteiger partial charge on any atom is 0.387 e. The first kappa shape index (κ1) is 42.3. The molecule has 6 heterocycles. The lowest BCUT2D eigenvalue weighted by atomic mass is 9.83. The van der Waals surface area contributed by atoms with Gasteiger partial charge in [0, 0.05) is 94.1 Å². The predicted octanol–water partition coefficient (Wildman–Crippen LogP) is 7.99. The lowest BCUT2D eigenvalue weighted by Gasteiger charge is -2.34. The largest absolute Gasteiger partial charge is 0.457 e. The highest BCUT2D eigenvalue weighted by Gasteiger charge is 2.50. The molecule has 1 saturated carbocycles. The van der Waals surface area contributed by atoms with Gasteiger partial charge in [-0.1, -0.05) is 42.4 Å². The number of hydrogen-bond donors (Lipinski definition) is 2. The van der Waals surface area contributed by atoms with Gasteiger partial charge < -0.3 is 15.8 Å². The molecule has 5 aromatic rings. The van der Waals surface area contributed by atoms with Crippen LogP contribution in [0.3, 0.4) is 0 Å². The second kappa shape index (κ2) is 18.0. The standard InChI is InChI=1S/C47H52F2N10O3S/c1-32-28-33(2)58-41(32)30-38-16-15-36(59(38)63(58,48)49)17-20-43(61)51-21-23-56-26-24-55(25-27-56)22-7-12-42(60)35-8-6-9-37(29-35)57-47-44(46(50)52-31-53-47)45(54-57)34-13-18-40(19-14-34)62-39-10-4-3-5-11-39/h3-5,7,10-16,18-19,28,30-31,35,37H,6,8-9,17,20-27,29H2,1-2H3,(H2-,50,51,52,53,54,61)/p+1/t35?,37-/m1/s1. The van der Waals surface area contributed by atoms with Gasteiger partial charge >= 0.3 is 11.2 Å². The van der Waals surface area contributed by atoms with Crippen molar-refractivity contribution >= 4 is 51.5 Å². The number of nitrogens with one attached hydrogen (secondary N) is 1. The number of hydrogen-bond acceptors (Lipinski definition) is 9. The van der Waals surface area contributed by atoms with E-state index in [2.05, 4.69) is 25.1 Å². The Morgan fingerprint density at radius 3 is 2.54 bits per heavy atom. The molecule has 3 N–H and O–H groups in total. The van der Waals surface area contributed by atoms with Gasteiger partial charge in [0.15, 0.2) is 11.4 Å². The average Bonchev–Trinajstić information content (AvgIpc) is 3.98. The zero-order chi connectivity index (χ0) is 43.7. The number of amides is 1. The molecule has 13 nitrogen and oxygen atoms in total. The fraction of sp³-hybridized carbons (Fsp3) is 0.362. The molecular weight excluding hydrogens is 823 g/mol. The summed E-state index contributed by atoms with van der Waals surface area (Å²) in [4.78, 5) is 39.9. The number of aryl methyl sites for hydroxylation is 2. The summed E-state index contributed by atoms with van der Waals surface area (Å²) in [7, 11) is 0. The van der Waals surface area contributed by atoms with E-state index in [0.29, 0.717) is 77.1 Å². The molecule has 16 heteroatoms. The second-order valence-electron chi connectivity index (χ2n) is 16.8. The number of nitrogens with zero attached hydrogens (tertiary/aromatic N) is 8. The molecule has 0 bridgehead atoms. The van der Waals surface area contributed by atoms with E-state index in [1.165, 1.54) is 6.33 Å². The van der Waals surface area contributed by atoms with Gasteiger partial charge in [-0.15, -0.1) is 0 Å². The van der Waals surface area contributed by atoms with Crippen molar-refractivity contribution in [1.82, 2.24) is 38.8 Å². The summed E-state index contributed by atoms with van der Waals surface area (Å²) < 4.78 is 41.7. The Morgan fingerprint density at radius 2 is 1.75 bits per heavy atom. The molecule has 2 fully saturated rings. The molecule has 3 aromatic heterocycles. The van der Waals surface area contributed by atoms with Gasteiger partial charge in [-0.2, -0.15) is 5.10 Å². The van der Waals surface area contributed by atoms with E-state index in [-0.39, 0.29) is 36.5 Å². The second-order valence-corrected chi connectivity index (χ2v) is 18.3. The van der Waals surface area contributed by atoms with Crippen LogP contribution >= 0.6 is 11.2 Å². The zero-order valence-corrected chi connectivity index (χ0v) is 36.4. The lowest BCUT2D eigenvalue weighted by Crippen LogP contribution is -2.48. The minimum Gasteiger partial charge on any atom is -0.457 e. The molecule has 1 unspecified atom stereocenters. The highest BCUT2D eigenvalue weighted by atomic mass is 32.3. The van der Waals surface area contributed by atoms with Gasteiger partial charge in [0.2, 0.25) is 17.3 Å². The van der Waals surface area contributed by atoms with Crippen LogP contribution in [0.2, 0.25) is 0 Å². The van der Waals surface area contributed by atoms with Crippen LogP contribution in [0, 0.1) is 19.8 Å². The number of allylic oxidation sites excluding steroid dienone is 3. The SMILES string of the molecule is Cc1cc(C)n2c1C=C1C=CC(CCC(=O)NCCN3CCN(CC=CC(=O)C4CCC[C@@H](n5nc(-c6ccc(Oc7ccccc7)cc6)c6c(N)ncnc65)C4)CC3)=[N+]1S2(F)F. The summed E-state index contributed by atoms with van der Waals surface area (Å²) in [6.45, 7) is 8.88. The van der Waals surface area contributed by atoms with Gasteiger partial charge in [-0.25, -0.2) is 18.6 Å². The van der Waals surface area contributed by atoms with Gasteiger partial charge in [-0.05, 0) is 87.2 Å². The maximum absolute atomic E-state index is 15.8. The number of nitrogens with two attached hydrogens (primary N) is 1. The number of rotatable bonds is 14. The van der Waals surface area contributed by atoms with Crippen LogP contribution in [0.4, 0.5) is 13.6 Å². The summed E-state index contributed by atoms with van der Waals surface area (Å²) in [6.07, 6.45) is 14.1. The van der Waals surface area contributed by atoms with E-state index in [9.17, 15) is 9.59 Å². The van der Waals surface area contributed by atoms with E-state index < -0.39 is 11.2 Å². The number of halogens is 2. The van der Waals surface area contributed by atoms with Crippen molar-refractivity contribution in [2.24, 2.45) is 5.92 Å². The Morgan fingerprint density at radius 1 is 0.984 bits per heavy atom. The third kappa shape index (κ3) is 8.84. The molecule has 4 aliphatic rings. The third-order valence-electron chi connectivity index (χ3n) is 12.5. The number of fused-ring (bicyclic) bond motifs is 3. The third-order valence-corrected chi connectivity index (χ3v) is 14.3. The minimum atomic E-state index is -4.30. The topological polar surface area (TPSA) is 139 Å². The monoisotopic (exact) mass is 875 g/mol. The number of carbonyl (C=O) groups excluding carboxylic acids is 2. The highest BCUT2D eigenvalue weighted by molar-refractivity contribution is 8.18. The van der Waals surface area contributed by atoms with E-state index >= 15 is 7.77 Å².